The minimum absolute atomic E-state index is 0.122. The molecule has 0 saturated heterocycles. The molecule has 0 spiro atoms. The first kappa shape index (κ1) is 18.4. The molecule has 2 rings (SSSR count). The van der Waals surface area contributed by atoms with Crippen molar-refractivity contribution in [3.63, 3.8) is 0 Å². The lowest BCUT2D eigenvalue weighted by atomic mass is 10.1. The molecule has 0 heterocycles. The van der Waals surface area contributed by atoms with Crippen LogP contribution >= 0.6 is 11.6 Å². The molecule has 0 unspecified atom stereocenters. The largest absolute Gasteiger partial charge is 0.452 e. The Labute approximate surface area is 148 Å². The zero-order valence-corrected chi connectivity index (χ0v) is 14.1. The molecule has 25 heavy (non-hydrogen) atoms. The number of nitro groups is 1. The summed E-state index contributed by atoms with van der Waals surface area (Å²) in [5.41, 5.74) is 0.883. The SMILES string of the molecule is CCc1cccc(NC(=O)COC(=O)c2ccc(Cl)cc2[N+](=O)[O-])c1. The van der Waals surface area contributed by atoms with Crippen LogP contribution < -0.4 is 5.32 Å². The fourth-order valence-electron chi connectivity index (χ4n) is 2.10. The van der Waals surface area contributed by atoms with Gasteiger partial charge in [0, 0.05) is 16.8 Å². The highest BCUT2D eigenvalue weighted by molar-refractivity contribution is 6.31. The predicted octanol–water partition coefficient (Wildman–Crippen LogP) is 3.61. The summed E-state index contributed by atoms with van der Waals surface area (Å²) in [5, 5.41) is 13.7. The van der Waals surface area contributed by atoms with E-state index in [1.54, 1.807) is 12.1 Å². The summed E-state index contributed by atoms with van der Waals surface area (Å²) in [4.78, 5) is 34.1. The summed E-state index contributed by atoms with van der Waals surface area (Å²) < 4.78 is 4.85. The smallest absolute Gasteiger partial charge is 0.345 e. The van der Waals surface area contributed by atoms with E-state index in [9.17, 15) is 19.7 Å². The first-order chi connectivity index (χ1) is 11.9. The minimum Gasteiger partial charge on any atom is -0.452 e. The number of nitrogens with one attached hydrogen (secondary N) is 1. The second-order valence-electron chi connectivity index (χ2n) is 5.10. The molecule has 0 radical (unpaired) electrons. The normalized spacial score (nSPS) is 10.2. The number of anilines is 1. The second kappa shape index (κ2) is 8.25. The zero-order chi connectivity index (χ0) is 18.4. The lowest BCUT2D eigenvalue weighted by molar-refractivity contribution is -0.385. The average Bonchev–Trinajstić information content (AvgIpc) is 2.59. The van der Waals surface area contributed by atoms with Gasteiger partial charge < -0.3 is 10.1 Å². The van der Waals surface area contributed by atoms with Crippen LogP contribution in [0, 0.1) is 10.1 Å². The number of esters is 1. The Bertz CT molecular complexity index is 822. The maximum Gasteiger partial charge on any atom is 0.345 e. The highest BCUT2D eigenvalue weighted by Gasteiger charge is 2.22. The fraction of sp³-hybridized carbons (Fsp3) is 0.176. The zero-order valence-electron chi connectivity index (χ0n) is 13.3. The van der Waals surface area contributed by atoms with Crippen LogP contribution in [0.5, 0.6) is 0 Å². The molecule has 0 aliphatic carbocycles. The predicted molar refractivity (Wildman–Crippen MR) is 92.8 cm³/mol. The van der Waals surface area contributed by atoms with Gasteiger partial charge in [-0.05, 0) is 36.2 Å². The van der Waals surface area contributed by atoms with Crippen LogP contribution in [0.4, 0.5) is 11.4 Å². The quantitative estimate of drug-likeness (QED) is 0.481. The fourth-order valence-corrected chi connectivity index (χ4v) is 2.27. The number of hydrogen-bond donors (Lipinski definition) is 1. The Morgan fingerprint density at radius 1 is 1.24 bits per heavy atom. The Balaban J connectivity index is 2.00. The molecule has 0 atom stereocenters. The summed E-state index contributed by atoms with van der Waals surface area (Å²) in [6, 6.07) is 10.8. The van der Waals surface area contributed by atoms with Gasteiger partial charge >= 0.3 is 5.97 Å². The van der Waals surface area contributed by atoms with Crippen LogP contribution in [-0.2, 0) is 16.0 Å². The monoisotopic (exact) mass is 362 g/mol. The van der Waals surface area contributed by atoms with Gasteiger partial charge in [0.1, 0.15) is 5.56 Å². The van der Waals surface area contributed by atoms with E-state index in [-0.39, 0.29) is 10.6 Å². The number of ether oxygens (including phenoxy) is 1. The number of nitro benzene ring substituents is 1. The van der Waals surface area contributed by atoms with Gasteiger partial charge in [0.05, 0.1) is 4.92 Å². The Kier molecular flexibility index (Phi) is 6.08. The molecule has 130 valence electrons. The molecule has 0 aliphatic heterocycles. The molecule has 0 fully saturated rings. The van der Waals surface area contributed by atoms with Gasteiger partial charge in [0.15, 0.2) is 6.61 Å². The van der Waals surface area contributed by atoms with Crippen molar-refractivity contribution in [2.75, 3.05) is 11.9 Å². The van der Waals surface area contributed by atoms with E-state index in [1.807, 2.05) is 19.1 Å². The van der Waals surface area contributed by atoms with Gasteiger partial charge in [-0.1, -0.05) is 30.7 Å². The molecule has 1 N–H and O–H groups in total. The van der Waals surface area contributed by atoms with Crippen molar-refractivity contribution in [2.45, 2.75) is 13.3 Å². The number of carbonyl (C=O) groups excluding carboxylic acids is 2. The van der Waals surface area contributed by atoms with Crippen LogP contribution in [0.15, 0.2) is 42.5 Å². The number of rotatable bonds is 6. The minimum atomic E-state index is -0.971. The molecular weight excluding hydrogens is 348 g/mol. The van der Waals surface area contributed by atoms with E-state index in [4.69, 9.17) is 16.3 Å². The van der Waals surface area contributed by atoms with Crippen molar-refractivity contribution in [3.05, 3.63) is 68.7 Å². The van der Waals surface area contributed by atoms with Crippen molar-refractivity contribution >= 4 is 34.9 Å². The van der Waals surface area contributed by atoms with Crippen LogP contribution in [0.3, 0.4) is 0 Å². The van der Waals surface area contributed by atoms with Gasteiger partial charge in [-0.15, -0.1) is 0 Å². The maximum absolute atomic E-state index is 12.0. The Morgan fingerprint density at radius 2 is 2.00 bits per heavy atom. The standard InChI is InChI=1S/C17H15ClN2O5/c1-2-11-4-3-5-13(8-11)19-16(21)10-25-17(22)14-7-6-12(18)9-15(14)20(23)24/h3-9H,2,10H2,1H3,(H,19,21). The third kappa shape index (κ3) is 5.02. The number of nitrogens with zero attached hydrogens (tertiary/aromatic N) is 1. The molecule has 7 nitrogen and oxygen atoms in total. The third-order valence-electron chi connectivity index (χ3n) is 3.33. The van der Waals surface area contributed by atoms with E-state index < -0.39 is 29.1 Å². The number of aryl methyl sites for hydroxylation is 1. The Morgan fingerprint density at radius 3 is 2.68 bits per heavy atom. The van der Waals surface area contributed by atoms with Gasteiger partial charge in [-0.2, -0.15) is 0 Å². The van der Waals surface area contributed by atoms with E-state index in [2.05, 4.69) is 5.32 Å². The van der Waals surface area contributed by atoms with Crippen LogP contribution in [-0.4, -0.2) is 23.4 Å². The summed E-state index contributed by atoms with van der Waals surface area (Å²) in [6.07, 6.45) is 0.818. The summed E-state index contributed by atoms with van der Waals surface area (Å²) in [5.74, 6) is -1.51. The van der Waals surface area contributed by atoms with Crippen LogP contribution in [0.25, 0.3) is 0 Å². The average molecular weight is 363 g/mol. The lowest BCUT2D eigenvalue weighted by Crippen LogP contribution is -2.21. The third-order valence-corrected chi connectivity index (χ3v) is 3.56. The van der Waals surface area contributed by atoms with Crippen molar-refractivity contribution in [1.29, 1.82) is 0 Å². The number of halogens is 1. The number of benzene rings is 2. The molecule has 1 amide bonds. The molecule has 0 aromatic heterocycles. The molecular formula is C17H15ClN2O5. The van der Waals surface area contributed by atoms with Crippen LogP contribution in [0.1, 0.15) is 22.8 Å². The molecule has 0 saturated carbocycles. The van der Waals surface area contributed by atoms with E-state index >= 15 is 0 Å². The van der Waals surface area contributed by atoms with Crippen LogP contribution in [0.2, 0.25) is 5.02 Å². The van der Waals surface area contributed by atoms with Gasteiger partial charge in [-0.3, -0.25) is 14.9 Å². The second-order valence-corrected chi connectivity index (χ2v) is 5.53. The first-order valence-corrected chi connectivity index (χ1v) is 7.78. The van der Waals surface area contributed by atoms with Crippen molar-refractivity contribution in [2.24, 2.45) is 0 Å². The molecule has 0 bridgehead atoms. The molecule has 2 aromatic rings. The highest BCUT2D eigenvalue weighted by atomic mass is 35.5. The lowest BCUT2D eigenvalue weighted by Gasteiger charge is -2.08. The number of hydrogen-bond acceptors (Lipinski definition) is 5. The van der Waals surface area contributed by atoms with Crippen molar-refractivity contribution < 1.29 is 19.2 Å². The van der Waals surface area contributed by atoms with E-state index in [0.29, 0.717) is 5.69 Å². The molecule has 8 heteroatoms. The first-order valence-electron chi connectivity index (χ1n) is 7.40. The van der Waals surface area contributed by atoms with E-state index in [0.717, 1.165) is 18.1 Å². The summed E-state index contributed by atoms with van der Waals surface area (Å²) in [6.45, 7) is 1.43. The topological polar surface area (TPSA) is 98.5 Å². The van der Waals surface area contributed by atoms with E-state index in [1.165, 1.54) is 12.1 Å². The van der Waals surface area contributed by atoms with Gasteiger partial charge in [0.25, 0.3) is 11.6 Å². The number of amides is 1. The number of carbonyl (C=O) groups is 2. The summed E-state index contributed by atoms with van der Waals surface area (Å²) >= 11 is 5.69. The molecule has 2 aromatic carbocycles. The van der Waals surface area contributed by atoms with Gasteiger partial charge in [-0.25, -0.2) is 4.79 Å². The van der Waals surface area contributed by atoms with Gasteiger partial charge in [0.2, 0.25) is 0 Å². The Hall–Kier alpha value is -2.93. The van der Waals surface area contributed by atoms with Crippen molar-refractivity contribution in [1.82, 2.24) is 0 Å². The van der Waals surface area contributed by atoms with Crippen molar-refractivity contribution in [3.8, 4) is 0 Å². The molecule has 0 aliphatic rings. The summed E-state index contributed by atoms with van der Waals surface area (Å²) in [7, 11) is 0. The maximum atomic E-state index is 12.0. The highest BCUT2D eigenvalue weighted by Crippen LogP contribution is 2.23.